The molecule has 0 radical (unpaired) electrons. The summed E-state index contributed by atoms with van der Waals surface area (Å²) in [7, 11) is 2.85. The van der Waals surface area contributed by atoms with Gasteiger partial charge in [-0.25, -0.2) is 0 Å². The molecular formula is C51H64N8O18. The minimum absolute atomic E-state index is 0.0127. The van der Waals surface area contributed by atoms with Crippen LogP contribution in [0, 0.1) is 6.92 Å². The van der Waals surface area contributed by atoms with Crippen molar-refractivity contribution in [2.75, 3.05) is 92.9 Å². The molecule has 4 rings (SSSR count). The summed E-state index contributed by atoms with van der Waals surface area (Å²) < 4.78 is 9.82. The van der Waals surface area contributed by atoms with Crippen LogP contribution in [0.5, 0.6) is 46.0 Å². The monoisotopic (exact) mass is 1080 g/mol. The van der Waals surface area contributed by atoms with Crippen molar-refractivity contribution in [1.82, 2.24) is 41.7 Å². The quantitative estimate of drug-likeness (QED) is 0.0196. The Morgan fingerprint density at radius 3 is 1.05 bits per heavy atom. The van der Waals surface area contributed by atoms with Gasteiger partial charge in [-0.3, -0.25) is 38.4 Å². The first kappa shape index (κ1) is 60.5. The maximum Gasteiger partial charge on any atom is 0.257 e. The van der Waals surface area contributed by atoms with E-state index in [1.807, 2.05) is 0 Å². The Morgan fingerprint density at radius 1 is 0.403 bits per heavy atom. The lowest BCUT2D eigenvalue weighted by Gasteiger charge is -2.26. The number of methoxy groups -OCH3 is 2. The highest BCUT2D eigenvalue weighted by Gasteiger charge is 2.28. The third-order valence-corrected chi connectivity index (χ3v) is 11.8. The zero-order valence-electron chi connectivity index (χ0n) is 42.6. The summed E-state index contributed by atoms with van der Waals surface area (Å²) in [6.07, 6.45) is 1.18. The van der Waals surface area contributed by atoms with Crippen LogP contribution >= 0.6 is 0 Å². The van der Waals surface area contributed by atoms with Crippen molar-refractivity contribution < 1.29 is 88.7 Å². The summed E-state index contributed by atoms with van der Waals surface area (Å²) in [5, 5.41) is 99.8. The van der Waals surface area contributed by atoms with Crippen LogP contribution in [0.4, 0.5) is 0 Å². The lowest BCUT2D eigenvalue weighted by Crippen LogP contribution is -2.37. The number of nitrogens with one attached hydrogen (secondary N) is 6. The van der Waals surface area contributed by atoms with Gasteiger partial charge in [-0.15, -0.1) is 0 Å². The highest BCUT2D eigenvalue weighted by molar-refractivity contribution is 6.05. The molecule has 26 heteroatoms. The molecule has 0 saturated heterocycles. The topological polar surface area (TPSA) is 396 Å². The number of hydrogen-bond acceptors (Lipinski definition) is 18. The molecule has 0 spiro atoms. The standard InChI is InChI=1S/C51H64N8O18/c1-29-8-9-30(38(62)37(29)61)46(70)54-18-19-55-47(71)32-11-10-31(39(63)40(32)64)45(69)53-17-7-25-59(51(75)36-15-13-34(42(66)44(36)68)49(73)57-21-27-77-3)23-5-4-22-58(24-6-16-52-28-60)50(74)35-14-12-33(41(65)43(35)67)48(72)56-20-26-76-2/h8-15,28,61-68H,4-7,16-27H2,1-3H3,(H,52,60)(H,53,69)(H,54,70)(H,55,71)(H,56,72)(H,57,73). The number of aryl methyl sites for hydroxylation is 1. The number of phenols is 8. The molecule has 4 aromatic carbocycles. The molecule has 0 heterocycles. The van der Waals surface area contributed by atoms with Crippen LogP contribution in [0.1, 0.15) is 104 Å². The fourth-order valence-corrected chi connectivity index (χ4v) is 7.52. The van der Waals surface area contributed by atoms with Crippen molar-refractivity contribution in [3.8, 4) is 46.0 Å². The third kappa shape index (κ3) is 16.2. The van der Waals surface area contributed by atoms with E-state index in [0.717, 1.165) is 24.3 Å². The van der Waals surface area contributed by atoms with Crippen LogP contribution in [0.2, 0.25) is 0 Å². The number of rotatable bonds is 30. The molecule has 8 amide bonds. The summed E-state index contributed by atoms with van der Waals surface area (Å²) >= 11 is 0. The van der Waals surface area contributed by atoms with E-state index in [4.69, 9.17) is 9.47 Å². The second kappa shape index (κ2) is 29.7. The minimum Gasteiger partial charge on any atom is -0.504 e. The largest absolute Gasteiger partial charge is 0.504 e. The van der Waals surface area contributed by atoms with E-state index >= 15 is 0 Å². The van der Waals surface area contributed by atoms with E-state index in [-0.39, 0.29) is 132 Å². The van der Waals surface area contributed by atoms with Gasteiger partial charge in [0.25, 0.3) is 41.4 Å². The highest BCUT2D eigenvalue weighted by Crippen LogP contribution is 2.36. The van der Waals surface area contributed by atoms with E-state index in [9.17, 15) is 79.2 Å². The van der Waals surface area contributed by atoms with Crippen LogP contribution in [0.15, 0.2) is 48.5 Å². The second-order valence-electron chi connectivity index (χ2n) is 17.0. The fourth-order valence-electron chi connectivity index (χ4n) is 7.52. The average Bonchev–Trinajstić information content (AvgIpc) is 3.41. The number of carbonyl (C=O) groups excluding carboxylic acids is 8. The Bertz CT molecular complexity index is 2790. The number of amides is 8. The zero-order chi connectivity index (χ0) is 56.8. The number of phenolic OH excluding ortho intramolecular Hbond substituents is 8. The number of nitrogens with zero attached hydrogens (tertiary/aromatic N) is 2. The van der Waals surface area contributed by atoms with Gasteiger partial charge in [0.2, 0.25) is 6.41 Å². The molecule has 0 aliphatic heterocycles. The van der Waals surface area contributed by atoms with Gasteiger partial charge in [0.05, 0.1) is 52.2 Å². The summed E-state index contributed by atoms with van der Waals surface area (Å²) in [6.45, 7) is 1.68. The van der Waals surface area contributed by atoms with Crippen molar-refractivity contribution in [2.45, 2.75) is 32.6 Å². The Kier molecular flexibility index (Phi) is 23.4. The van der Waals surface area contributed by atoms with Gasteiger partial charge >= 0.3 is 0 Å². The van der Waals surface area contributed by atoms with Crippen LogP contribution in [-0.4, -0.2) is 191 Å². The smallest absolute Gasteiger partial charge is 0.257 e. The van der Waals surface area contributed by atoms with Crippen LogP contribution in [0.25, 0.3) is 0 Å². The molecule has 0 saturated carbocycles. The van der Waals surface area contributed by atoms with Crippen molar-refractivity contribution in [3.05, 3.63) is 93.0 Å². The average molecular weight is 1080 g/mol. The Hall–Kier alpha value is -9.04. The summed E-state index contributed by atoms with van der Waals surface area (Å²) in [5.41, 5.74) is -2.02. The summed E-state index contributed by atoms with van der Waals surface area (Å²) in [4.78, 5) is 105. The molecule has 4 aromatic rings. The van der Waals surface area contributed by atoms with Gasteiger partial charge in [-0.05, 0) is 80.6 Å². The highest BCUT2D eigenvalue weighted by atomic mass is 16.5. The lowest BCUT2D eigenvalue weighted by molar-refractivity contribution is -0.109. The van der Waals surface area contributed by atoms with Crippen molar-refractivity contribution >= 4 is 47.8 Å². The van der Waals surface area contributed by atoms with E-state index in [1.54, 1.807) is 0 Å². The van der Waals surface area contributed by atoms with Gasteiger partial charge in [-0.2, -0.15) is 0 Å². The summed E-state index contributed by atoms with van der Waals surface area (Å²) in [5.74, 6) is -11.9. The molecule has 0 fully saturated rings. The van der Waals surface area contributed by atoms with Crippen molar-refractivity contribution in [2.24, 2.45) is 0 Å². The maximum atomic E-state index is 14.1. The van der Waals surface area contributed by atoms with Gasteiger partial charge in [0.1, 0.15) is 0 Å². The molecule has 26 nitrogen and oxygen atoms in total. The Labute approximate surface area is 441 Å². The van der Waals surface area contributed by atoms with Gasteiger partial charge in [-0.1, -0.05) is 6.07 Å². The number of unbranched alkanes of at least 4 members (excludes halogenated alkanes) is 1. The zero-order valence-corrected chi connectivity index (χ0v) is 42.6. The van der Waals surface area contributed by atoms with Crippen molar-refractivity contribution in [3.63, 3.8) is 0 Å². The first-order valence-electron chi connectivity index (χ1n) is 24.1. The van der Waals surface area contributed by atoms with E-state index in [2.05, 4.69) is 31.9 Å². The molecular weight excluding hydrogens is 1010 g/mol. The summed E-state index contributed by atoms with van der Waals surface area (Å²) in [6, 6.07) is 9.53. The second-order valence-corrected chi connectivity index (χ2v) is 17.0. The number of hydrogen-bond donors (Lipinski definition) is 14. The van der Waals surface area contributed by atoms with Crippen molar-refractivity contribution in [1.29, 1.82) is 0 Å². The molecule has 416 valence electrons. The van der Waals surface area contributed by atoms with Crippen LogP contribution in [0.3, 0.4) is 0 Å². The molecule has 0 bridgehead atoms. The molecule has 0 aliphatic rings. The Balaban J connectivity index is 1.45. The SMILES string of the molecule is COCCNC(=O)c1ccc(C(=O)N(CCCCN(CCCNC(=O)c2ccc(C(=O)NCCNC(=O)c3ccc(C)c(O)c3O)c(O)c2O)C(=O)c2ccc(C(=O)NCCOC)c(O)c2O)CCCNC=O)c(O)c1O. The van der Waals surface area contributed by atoms with Gasteiger partial charge in [0, 0.05) is 79.7 Å². The number of benzene rings is 4. The molecule has 14 N–H and O–H groups in total. The number of carbonyl (C=O) groups is 8. The minimum atomic E-state index is -0.932. The molecule has 0 atom stereocenters. The van der Waals surface area contributed by atoms with Gasteiger partial charge < -0.3 is 92.0 Å². The molecule has 0 aromatic heterocycles. The predicted molar refractivity (Wildman–Crippen MR) is 274 cm³/mol. The number of ether oxygens (including phenoxy) is 2. The first-order chi connectivity index (χ1) is 36.8. The van der Waals surface area contributed by atoms with E-state index in [1.165, 1.54) is 55.2 Å². The van der Waals surface area contributed by atoms with Crippen LogP contribution in [-0.2, 0) is 14.3 Å². The number of aromatic hydroxyl groups is 8. The predicted octanol–water partition coefficient (Wildman–Crippen LogP) is 0.873. The fraction of sp³-hybridized carbons (Fsp3) is 0.373. The Morgan fingerprint density at radius 2 is 0.688 bits per heavy atom. The maximum absolute atomic E-state index is 14.1. The van der Waals surface area contributed by atoms with E-state index in [0.29, 0.717) is 12.0 Å². The molecule has 77 heavy (non-hydrogen) atoms. The molecule has 0 aliphatic carbocycles. The normalized spacial score (nSPS) is 10.7. The molecule has 0 unspecified atom stereocenters. The van der Waals surface area contributed by atoms with Gasteiger partial charge in [0.15, 0.2) is 46.0 Å². The lowest BCUT2D eigenvalue weighted by atomic mass is 10.1. The van der Waals surface area contributed by atoms with E-state index < -0.39 is 98.5 Å². The van der Waals surface area contributed by atoms with Crippen LogP contribution < -0.4 is 31.9 Å². The first-order valence-corrected chi connectivity index (χ1v) is 24.1. The third-order valence-electron chi connectivity index (χ3n) is 11.8.